The lowest BCUT2D eigenvalue weighted by atomic mass is 9.64. The molecule has 7 rings (SSSR count). The van der Waals surface area contributed by atoms with Crippen LogP contribution in [0.25, 0.3) is 10.8 Å². The van der Waals surface area contributed by atoms with E-state index in [1.807, 2.05) is 0 Å². The molecule has 2 atom stereocenters. The van der Waals surface area contributed by atoms with Gasteiger partial charge in [-0.1, -0.05) is 60.7 Å². The Morgan fingerprint density at radius 3 is 2.41 bits per heavy atom. The lowest BCUT2D eigenvalue weighted by molar-refractivity contribution is 0.909. The number of benzene rings is 4. The van der Waals surface area contributed by atoms with Crippen LogP contribution in [0.15, 0.2) is 71.7 Å². The second-order valence-electron chi connectivity index (χ2n) is 8.83. The van der Waals surface area contributed by atoms with Crippen LogP contribution in [-0.2, 0) is 6.42 Å². The zero-order chi connectivity index (χ0) is 19.3. The summed E-state index contributed by atoms with van der Waals surface area (Å²) in [6.45, 7) is 4.55. The molecule has 2 aliphatic carbocycles. The smallest absolute Gasteiger partial charge is 0.0674 e. The molecule has 3 aliphatic rings. The highest BCUT2D eigenvalue weighted by molar-refractivity contribution is 6.15. The van der Waals surface area contributed by atoms with Gasteiger partial charge in [0.1, 0.15) is 0 Å². The van der Waals surface area contributed by atoms with Crippen LogP contribution in [-0.4, -0.2) is 5.71 Å². The lowest BCUT2D eigenvalue weighted by Crippen LogP contribution is -2.29. The van der Waals surface area contributed by atoms with Gasteiger partial charge in [-0.2, -0.15) is 0 Å². The predicted octanol–water partition coefficient (Wildman–Crippen LogP) is 6.72. The van der Waals surface area contributed by atoms with Crippen molar-refractivity contribution in [3.8, 4) is 0 Å². The van der Waals surface area contributed by atoms with E-state index in [0.717, 1.165) is 6.42 Å². The zero-order valence-electron chi connectivity index (χ0n) is 16.7. The zero-order valence-corrected chi connectivity index (χ0v) is 16.7. The molecule has 0 amide bonds. The van der Waals surface area contributed by atoms with Crippen molar-refractivity contribution in [1.82, 2.24) is 0 Å². The minimum Gasteiger partial charge on any atom is -0.255 e. The maximum Gasteiger partial charge on any atom is 0.0674 e. The van der Waals surface area contributed by atoms with Crippen LogP contribution in [0.2, 0.25) is 0 Å². The number of hydrogen-bond acceptors (Lipinski definition) is 1. The molecule has 1 heteroatoms. The summed E-state index contributed by atoms with van der Waals surface area (Å²) in [6.07, 6.45) is 1.02. The van der Waals surface area contributed by atoms with Gasteiger partial charge in [0.05, 0.1) is 11.6 Å². The van der Waals surface area contributed by atoms with Crippen LogP contribution < -0.4 is 0 Å². The molecular weight excluding hydrogens is 350 g/mol. The Morgan fingerprint density at radius 2 is 1.55 bits per heavy atom. The third kappa shape index (κ3) is 1.84. The van der Waals surface area contributed by atoms with E-state index in [1.54, 1.807) is 0 Å². The standard InChI is InChI=1S/C28H21N/c1-15-13-16(2)22-25(17-7-4-3-5-8-17)28-27-23-18(9-6-10-21(23)29-28)14-19-11-12-20(15)26(22)24(19)27/h3-13,25,27H,14H2,1-2H3. The van der Waals surface area contributed by atoms with Crippen molar-refractivity contribution in [3.05, 3.63) is 111 Å². The van der Waals surface area contributed by atoms with Gasteiger partial charge in [0.25, 0.3) is 0 Å². The van der Waals surface area contributed by atoms with E-state index < -0.39 is 0 Å². The molecule has 138 valence electrons. The Labute approximate surface area is 170 Å². The van der Waals surface area contributed by atoms with Crippen LogP contribution in [0.5, 0.6) is 0 Å². The van der Waals surface area contributed by atoms with Crippen molar-refractivity contribution in [2.45, 2.75) is 32.1 Å². The molecule has 1 heterocycles. The molecule has 0 bridgehead atoms. The molecule has 4 aromatic carbocycles. The summed E-state index contributed by atoms with van der Waals surface area (Å²) in [7, 11) is 0. The van der Waals surface area contributed by atoms with E-state index in [0.29, 0.717) is 5.92 Å². The topological polar surface area (TPSA) is 12.4 Å². The van der Waals surface area contributed by atoms with E-state index in [4.69, 9.17) is 4.99 Å². The normalized spacial score (nSPS) is 20.1. The van der Waals surface area contributed by atoms with Gasteiger partial charge in [0.15, 0.2) is 0 Å². The first kappa shape index (κ1) is 15.7. The summed E-state index contributed by atoms with van der Waals surface area (Å²) in [5.74, 6) is 0.540. The molecule has 0 aromatic heterocycles. The first-order chi connectivity index (χ1) is 14.2. The molecule has 29 heavy (non-hydrogen) atoms. The molecule has 2 unspecified atom stereocenters. The molecule has 0 radical (unpaired) electrons. The van der Waals surface area contributed by atoms with Gasteiger partial charge >= 0.3 is 0 Å². The van der Waals surface area contributed by atoms with Crippen molar-refractivity contribution in [1.29, 1.82) is 0 Å². The summed E-state index contributed by atoms with van der Waals surface area (Å²) < 4.78 is 0. The summed E-state index contributed by atoms with van der Waals surface area (Å²) in [6, 6.07) is 24.8. The van der Waals surface area contributed by atoms with Crippen LogP contribution in [0.4, 0.5) is 5.69 Å². The SMILES string of the molecule is Cc1cc(C)c2ccc3c4c2c1C(c1ccccc1)C1=Nc2cccc(c2C14)C3. The second-order valence-corrected chi connectivity index (χ2v) is 8.83. The van der Waals surface area contributed by atoms with Gasteiger partial charge in [-0.25, -0.2) is 0 Å². The Balaban J connectivity index is 1.70. The van der Waals surface area contributed by atoms with E-state index in [9.17, 15) is 0 Å². The molecule has 1 aliphatic heterocycles. The van der Waals surface area contributed by atoms with Crippen molar-refractivity contribution in [3.63, 3.8) is 0 Å². The molecule has 0 saturated carbocycles. The summed E-state index contributed by atoms with van der Waals surface area (Å²) in [5.41, 5.74) is 14.1. The van der Waals surface area contributed by atoms with Crippen LogP contribution in [0.1, 0.15) is 56.3 Å². The quantitative estimate of drug-likeness (QED) is 0.352. The van der Waals surface area contributed by atoms with Gasteiger partial charge in [-0.3, -0.25) is 4.99 Å². The van der Waals surface area contributed by atoms with Crippen molar-refractivity contribution in [2.24, 2.45) is 4.99 Å². The van der Waals surface area contributed by atoms with Crippen LogP contribution in [0, 0.1) is 13.8 Å². The Kier molecular flexibility index (Phi) is 2.84. The number of rotatable bonds is 1. The number of nitrogens with zero attached hydrogens (tertiary/aromatic N) is 1. The fourth-order valence-electron chi connectivity index (χ4n) is 6.21. The summed E-state index contributed by atoms with van der Waals surface area (Å²) >= 11 is 0. The highest BCUT2D eigenvalue weighted by Crippen LogP contribution is 2.57. The molecule has 0 fully saturated rings. The predicted molar refractivity (Wildman–Crippen MR) is 120 cm³/mol. The highest BCUT2D eigenvalue weighted by Gasteiger charge is 2.45. The van der Waals surface area contributed by atoms with Crippen molar-refractivity contribution >= 4 is 22.2 Å². The van der Waals surface area contributed by atoms with E-state index in [-0.39, 0.29) is 5.92 Å². The average Bonchev–Trinajstić information content (AvgIpc) is 3.13. The average molecular weight is 371 g/mol. The Bertz CT molecular complexity index is 1390. The number of aryl methyl sites for hydroxylation is 2. The molecular formula is C28H21N. The van der Waals surface area contributed by atoms with Crippen LogP contribution >= 0.6 is 0 Å². The monoisotopic (exact) mass is 371 g/mol. The molecule has 0 saturated heterocycles. The number of aliphatic imine (C=N–C) groups is 1. The van der Waals surface area contributed by atoms with Crippen LogP contribution in [0.3, 0.4) is 0 Å². The second kappa shape index (κ2) is 5.24. The van der Waals surface area contributed by atoms with Gasteiger partial charge in [-0.05, 0) is 81.6 Å². The molecule has 0 spiro atoms. The lowest BCUT2D eigenvalue weighted by Gasteiger charge is -2.37. The maximum absolute atomic E-state index is 5.29. The minimum absolute atomic E-state index is 0.227. The van der Waals surface area contributed by atoms with E-state index in [1.165, 1.54) is 66.7 Å². The van der Waals surface area contributed by atoms with Gasteiger partial charge in [0.2, 0.25) is 0 Å². The first-order valence-electron chi connectivity index (χ1n) is 10.5. The highest BCUT2D eigenvalue weighted by atomic mass is 14.8. The largest absolute Gasteiger partial charge is 0.255 e. The van der Waals surface area contributed by atoms with Gasteiger partial charge in [-0.15, -0.1) is 0 Å². The number of hydrogen-bond donors (Lipinski definition) is 0. The minimum atomic E-state index is 0.227. The summed E-state index contributed by atoms with van der Waals surface area (Å²) in [5, 5.41) is 2.91. The third-order valence-electron chi connectivity index (χ3n) is 7.28. The first-order valence-corrected chi connectivity index (χ1v) is 10.5. The fraction of sp³-hybridized carbons (Fsp3) is 0.179. The van der Waals surface area contributed by atoms with Crippen molar-refractivity contribution < 1.29 is 0 Å². The molecule has 0 N–H and O–H groups in total. The Hall–Kier alpha value is -3.19. The molecule has 4 aromatic rings. The molecule has 1 nitrogen and oxygen atoms in total. The van der Waals surface area contributed by atoms with E-state index in [2.05, 4.69) is 80.6 Å². The third-order valence-corrected chi connectivity index (χ3v) is 7.28. The maximum atomic E-state index is 5.29. The van der Waals surface area contributed by atoms with Crippen molar-refractivity contribution in [2.75, 3.05) is 0 Å². The van der Waals surface area contributed by atoms with Gasteiger partial charge in [0, 0.05) is 11.6 Å². The van der Waals surface area contributed by atoms with Gasteiger partial charge < -0.3 is 0 Å². The Morgan fingerprint density at radius 1 is 0.724 bits per heavy atom. The fourth-order valence-corrected chi connectivity index (χ4v) is 6.21. The summed E-state index contributed by atoms with van der Waals surface area (Å²) in [4.78, 5) is 5.29. The van der Waals surface area contributed by atoms with E-state index >= 15 is 0 Å².